The van der Waals surface area contributed by atoms with E-state index < -0.39 is 17.8 Å². The van der Waals surface area contributed by atoms with E-state index in [1.807, 2.05) is 12.1 Å². The van der Waals surface area contributed by atoms with E-state index in [9.17, 15) is 14.7 Å². The van der Waals surface area contributed by atoms with Crippen molar-refractivity contribution in [2.24, 2.45) is 5.73 Å². The molecule has 1 aliphatic rings. The highest BCUT2D eigenvalue weighted by Crippen LogP contribution is 2.37. The van der Waals surface area contributed by atoms with Crippen LogP contribution in [-0.4, -0.2) is 28.7 Å². The second-order valence-electron chi connectivity index (χ2n) is 7.67. The topological polar surface area (TPSA) is 107 Å². The maximum atomic E-state index is 13.0. The minimum absolute atomic E-state index is 0.0230. The van der Waals surface area contributed by atoms with Crippen molar-refractivity contribution in [3.63, 3.8) is 0 Å². The largest absolute Gasteiger partial charge is 0.497 e. The third-order valence-corrected chi connectivity index (χ3v) is 5.84. The summed E-state index contributed by atoms with van der Waals surface area (Å²) in [5, 5.41) is 13.9. The van der Waals surface area contributed by atoms with E-state index in [0.717, 1.165) is 23.0 Å². The van der Waals surface area contributed by atoms with Crippen molar-refractivity contribution in [2.75, 3.05) is 12.4 Å². The molecule has 0 unspecified atom stereocenters. The number of ether oxygens (including phenoxy) is 1. The Morgan fingerprint density at radius 3 is 2.43 bits per heavy atom. The molecule has 3 aromatic rings. The number of nitrogens with two attached hydrogens (primary N) is 1. The standard InChI is InChI=1S/C23H25N3O4/c1-30-17-10-8-16(9-11-17)25-21(27)20-18-12-7-15(14-5-3-2-4-6-14)13-19(18)26(22(20)28)23(24)29/h7-14,28H,2-6H2,1H3,(H2,24,29)(H,25,27). The van der Waals surface area contributed by atoms with Crippen LogP contribution in [0.25, 0.3) is 10.9 Å². The summed E-state index contributed by atoms with van der Waals surface area (Å²) in [6.07, 6.45) is 5.80. The van der Waals surface area contributed by atoms with Crippen molar-refractivity contribution >= 4 is 28.5 Å². The molecule has 1 aromatic heterocycles. The zero-order chi connectivity index (χ0) is 21.3. The molecule has 2 amide bonds. The fourth-order valence-corrected chi connectivity index (χ4v) is 4.30. The van der Waals surface area contributed by atoms with Gasteiger partial charge in [-0.15, -0.1) is 0 Å². The van der Waals surface area contributed by atoms with Gasteiger partial charge in [-0.05, 0) is 54.7 Å². The van der Waals surface area contributed by atoms with Crippen LogP contribution in [0.15, 0.2) is 42.5 Å². The van der Waals surface area contributed by atoms with Gasteiger partial charge in [0, 0.05) is 11.1 Å². The second kappa shape index (κ2) is 8.10. The molecule has 1 aliphatic carbocycles. The van der Waals surface area contributed by atoms with E-state index in [-0.39, 0.29) is 5.56 Å². The van der Waals surface area contributed by atoms with Gasteiger partial charge in [-0.1, -0.05) is 31.4 Å². The Morgan fingerprint density at radius 1 is 1.10 bits per heavy atom. The average molecular weight is 407 g/mol. The lowest BCUT2D eigenvalue weighted by molar-refractivity contribution is 0.102. The van der Waals surface area contributed by atoms with Gasteiger partial charge in [-0.25, -0.2) is 9.36 Å². The third-order valence-electron chi connectivity index (χ3n) is 5.84. The number of hydrogen-bond acceptors (Lipinski definition) is 4. The average Bonchev–Trinajstić information content (AvgIpc) is 3.06. The molecule has 4 rings (SSSR count). The minimum atomic E-state index is -0.832. The second-order valence-corrected chi connectivity index (χ2v) is 7.67. The highest BCUT2D eigenvalue weighted by atomic mass is 16.5. The Balaban J connectivity index is 1.74. The molecule has 7 nitrogen and oxygen atoms in total. The molecular weight excluding hydrogens is 382 g/mol. The van der Waals surface area contributed by atoms with Gasteiger partial charge >= 0.3 is 6.03 Å². The molecule has 156 valence electrons. The van der Waals surface area contributed by atoms with Crippen molar-refractivity contribution in [2.45, 2.75) is 38.0 Å². The molecule has 0 spiro atoms. The number of carbonyl (C=O) groups excluding carboxylic acids is 2. The summed E-state index contributed by atoms with van der Waals surface area (Å²) in [7, 11) is 1.56. The molecule has 1 heterocycles. The predicted molar refractivity (Wildman–Crippen MR) is 115 cm³/mol. The van der Waals surface area contributed by atoms with Crippen LogP contribution in [0.3, 0.4) is 0 Å². The van der Waals surface area contributed by atoms with E-state index in [2.05, 4.69) is 5.32 Å². The molecule has 30 heavy (non-hydrogen) atoms. The monoisotopic (exact) mass is 407 g/mol. The molecule has 0 radical (unpaired) electrons. The van der Waals surface area contributed by atoms with E-state index in [0.29, 0.717) is 28.3 Å². The molecule has 1 saturated carbocycles. The van der Waals surface area contributed by atoms with Crippen LogP contribution < -0.4 is 15.8 Å². The quantitative estimate of drug-likeness (QED) is 0.588. The van der Waals surface area contributed by atoms with Crippen LogP contribution in [-0.2, 0) is 0 Å². The fourth-order valence-electron chi connectivity index (χ4n) is 4.30. The van der Waals surface area contributed by atoms with Gasteiger partial charge in [0.1, 0.15) is 11.3 Å². The van der Waals surface area contributed by atoms with Gasteiger partial charge in [-0.2, -0.15) is 0 Å². The number of aromatic hydroxyl groups is 1. The Morgan fingerprint density at radius 2 is 1.80 bits per heavy atom. The number of hydrogen-bond donors (Lipinski definition) is 3. The normalized spacial score (nSPS) is 14.6. The molecular formula is C23H25N3O4. The number of amides is 2. The molecule has 0 bridgehead atoms. The number of nitrogens with zero attached hydrogens (tertiary/aromatic N) is 1. The molecule has 1 fully saturated rings. The first-order valence-corrected chi connectivity index (χ1v) is 10.1. The smallest absolute Gasteiger partial charge is 0.326 e. The summed E-state index contributed by atoms with van der Waals surface area (Å²) in [4.78, 5) is 25.0. The lowest BCUT2D eigenvalue weighted by Gasteiger charge is -2.22. The zero-order valence-electron chi connectivity index (χ0n) is 16.9. The van der Waals surface area contributed by atoms with Gasteiger partial charge in [0.15, 0.2) is 0 Å². The Hall–Kier alpha value is -3.48. The van der Waals surface area contributed by atoms with E-state index in [1.165, 1.54) is 19.3 Å². The number of nitrogens with one attached hydrogen (secondary N) is 1. The van der Waals surface area contributed by atoms with Crippen LogP contribution in [0.4, 0.5) is 10.5 Å². The first-order valence-electron chi connectivity index (χ1n) is 10.1. The lowest BCUT2D eigenvalue weighted by Crippen LogP contribution is -2.19. The summed E-state index contributed by atoms with van der Waals surface area (Å²) in [5.41, 5.74) is 7.64. The third kappa shape index (κ3) is 3.58. The van der Waals surface area contributed by atoms with E-state index in [1.54, 1.807) is 37.4 Å². The van der Waals surface area contributed by atoms with Crippen molar-refractivity contribution < 1.29 is 19.4 Å². The number of benzene rings is 2. The van der Waals surface area contributed by atoms with Crippen molar-refractivity contribution in [3.05, 3.63) is 53.6 Å². The highest BCUT2D eigenvalue weighted by Gasteiger charge is 2.26. The zero-order valence-corrected chi connectivity index (χ0v) is 16.9. The number of primary amides is 1. The van der Waals surface area contributed by atoms with Gasteiger partial charge in [0.2, 0.25) is 5.88 Å². The summed E-state index contributed by atoms with van der Waals surface area (Å²) in [6, 6.07) is 11.7. The number of carbonyl (C=O) groups is 2. The van der Waals surface area contributed by atoms with Crippen LogP contribution in [0.1, 0.15) is 53.9 Å². The first-order chi connectivity index (χ1) is 14.5. The first kappa shape index (κ1) is 19.8. The maximum absolute atomic E-state index is 13.0. The number of fused-ring (bicyclic) bond motifs is 1. The summed E-state index contributed by atoms with van der Waals surface area (Å²) in [6.45, 7) is 0. The number of aromatic nitrogens is 1. The van der Waals surface area contributed by atoms with Gasteiger partial charge in [-0.3, -0.25) is 4.79 Å². The maximum Gasteiger partial charge on any atom is 0.326 e. The molecule has 0 aliphatic heterocycles. The molecule has 0 saturated heterocycles. The van der Waals surface area contributed by atoms with Crippen LogP contribution in [0, 0.1) is 0 Å². The lowest BCUT2D eigenvalue weighted by atomic mass is 9.84. The minimum Gasteiger partial charge on any atom is -0.497 e. The van der Waals surface area contributed by atoms with Crippen LogP contribution in [0.2, 0.25) is 0 Å². The fraction of sp³-hybridized carbons (Fsp3) is 0.304. The highest BCUT2D eigenvalue weighted by molar-refractivity contribution is 6.16. The molecule has 2 aromatic carbocycles. The summed E-state index contributed by atoms with van der Waals surface area (Å²) in [5.74, 6) is 0.104. The van der Waals surface area contributed by atoms with Crippen molar-refractivity contribution in [3.8, 4) is 11.6 Å². The number of methoxy groups -OCH3 is 1. The predicted octanol–water partition coefficient (Wildman–Crippen LogP) is 4.58. The molecule has 7 heteroatoms. The van der Waals surface area contributed by atoms with Crippen LogP contribution >= 0.6 is 0 Å². The van der Waals surface area contributed by atoms with Crippen molar-refractivity contribution in [1.82, 2.24) is 4.57 Å². The Labute approximate surface area is 174 Å². The van der Waals surface area contributed by atoms with Gasteiger partial charge in [0.25, 0.3) is 5.91 Å². The van der Waals surface area contributed by atoms with E-state index >= 15 is 0 Å². The van der Waals surface area contributed by atoms with Crippen molar-refractivity contribution in [1.29, 1.82) is 0 Å². The van der Waals surface area contributed by atoms with Gasteiger partial charge < -0.3 is 20.9 Å². The molecule has 4 N–H and O–H groups in total. The van der Waals surface area contributed by atoms with Gasteiger partial charge in [0.05, 0.1) is 12.6 Å². The van der Waals surface area contributed by atoms with Crippen LogP contribution in [0.5, 0.6) is 11.6 Å². The Kier molecular flexibility index (Phi) is 5.35. The summed E-state index contributed by atoms with van der Waals surface area (Å²) < 4.78 is 6.12. The Bertz CT molecular complexity index is 1100. The van der Waals surface area contributed by atoms with E-state index in [4.69, 9.17) is 10.5 Å². The number of anilines is 1. The number of rotatable bonds is 4. The SMILES string of the molecule is COc1ccc(NC(=O)c2c(O)n(C(N)=O)c3cc(C4CCCCC4)ccc23)cc1. The molecule has 0 atom stereocenters. The summed E-state index contributed by atoms with van der Waals surface area (Å²) >= 11 is 0.